The molecule has 1 aromatic carbocycles. The van der Waals surface area contributed by atoms with Gasteiger partial charge in [-0.15, -0.1) is 0 Å². The van der Waals surface area contributed by atoms with Gasteiger partial charge in [0.1, 0.15) is 35.6 Å². The van der Waals surface area contributed by atoms with Gasteiger partial charge < -0.3 is 29.7 Å². The summed E-state index contributed by atoms with van der Waals surface area (Å²) >= 11 is 0. The second-order valence-electron chi connectivity index (χ2n) is 18.4. The molecule has 4 aliphatic carbocycles. The second-order valence-corrected chi connectivity index (χ2v) is 20.4. The number of ether oxygens (including phenoxy) is 3. The van der Waals surface area contributed by atoms with Gasteiger partial charge in [-0.2, -0.15) is 8.78 Å². The summed E-state index contributed by atoms with van der Waals surface area (Å²) in [5, 5.41) is 4.19. The van der Waals surface area contributed by atoms with Gasteiger partial charge in [0.05, 0.1) is 35.9 Å². The zero-order chi connectivity index (χ0) is 43.1. The number of aromatic nitrogens is 2. The first-order valence-corrected chi connectivity index (χ1v) is 22.1. The smallest absolute Gasteiger partial charge is 0.408 e. The van der Waals surface area contributed by atoms with E-state index in [-0.39, 0.29) is 36.2 Å². The van der Waals surface area contributed by atoms with Crippen molar-refractivity contribution >= 4 is 44.9 Å². The number of hydrogen-bond donors (Lipinski definition) is 3. The fraction of sp³-hybridized carbons (Fsp3) is 0.700. The van der Waals surface area contributed by atoms with Crippen LogP contribution in [0.5, 0.6) is 11.6 Å². The predicted molar refractivity (Wildman–Crippen MR) is 204 cm³/mol. The van der Waals surface area contributed by atoms with Gasteiger partial charge in [0, 0.05) is 18.9 Å². The lowest BCUT2D eigenvalue weighted by Gasteiger charge is -2.36. The van der Waals surface area contributed by atoms with Gasteiger partial charge in [-0.25, -0.2) is 32.0 Å². The molecule has 1 saturated heterocycles. The number of sulfonamides is 1. The Labute approximate surface area is 344 Å². The number of halogens is 4. The summed E-state index contributed by atoms with van der Waals surface area (Å²) in [6.45, 7) is 4.61. The number of alkyl carbamates (subject to hydrolysis) is 1. The molecule has 4 saturated carbocycles. The number of benzene rings is 1. The third-order valence-corrected chi connectivity index (χ3v) is 14.9. The van der Waals surface area contributed by atoms with E-state index in [1.165, 1.54) is 19.2 Å². The lowest BCUT2D eigenvalue weighted by Crippen LogP contribution is -2.60. The Bertz CT molecular complexity index is 2190. The molecule has 2 bridgehead atoms. The molecule has 0 radical (unpaired) electrons. The first-order valence-electron chi connectivity index (χ1n) is 20.6. The van der Waals surface area contributed by atoms with E-state index in [0.29, 0.717) is 36.8 Å². The van der Waals surface area contributed by atoms with Crippen LogP contribution in [0.25, 0.3) is 11.0 Å². The highest BCUT2D eigenvalue weighted by atomic mass is 32.2. The van der Waals surface area contributed by atoms with Crippen molar-refractivity contribution in [3.8, 4) is 11.6 Å². The molecule has 328 valence electrons. The zero-order valence-corrected chi connectivity index (χ0v) is 34.5. The van der Waals surface area contributed by atoms with Crippen LogP contribution >= 0.6 is 0 Å². The van der Waals surface area contributed by atoms with E-state index in [9.17, 15) is 36.4 Å². The summed E-state index contributed by atoms with van der Waals surface area (Å²) in [5.41, 5.74) is -3.77. The molecular weight excluding hydrogens is 817 g/mol. The molecule has 6 aliphatic rings. The van der Waals surface area contributed by atoms with E-state index in [4.69, 9.17) is 14.2 Å². The highest BCUT2D eigenvalue weighted by Crippen LogP contribution is 2.58. The van der Waals surface area contributed by atoms with Gasteiger partial charge in [0.2, 0.25) is 34.1 Å². The monoisotopic (exact) mass is 866 g/mol. The fourth-order valence-electron chi connectivity index (χ4n) is 9.34. The van der Waals surface area contributed by atoms with Gasteiger partial charge >= 0.3 is 6.09 Å². The lowest BCUT2D eigenvalue weighted by molar-refractivity contribution is -0.143. The first kappa shape index (κ1) is 42.2. The Hall–Kier alpha value is -4.49. The number of methoxy groups -OCH3 is 1. The third kappa shape index (κ3) is 8.15. The topological polar surface area (TPSA) is 195 Å². The van der Waals surface area contributed by atoms with Gasteiger partial charge in [-0.3, -0.25) is 19.1 Å². The number of carbonyl (C=O) groups excluding carboxylic acids is 4. The molecule has 9 atom stereocenters. The quantitative estimate of drug-likeness (QED) is 0.330. The molecule has 3 heterocycles. The molecule has 15 nitrogen and oxygen atoms in total. The largest absolute Gasteiger partial charge is 0.497 e. The summed E-state index contributed by atoms with van der Waals surface area (Å²) < 4.78 is 106. The maximum atomic E-state index is 16.4. The minimum absolute atomic E-state index is 0.0536. The van der Waals surface area contributed by atoms with Crippen LogP contribution in [0.2, 0.25) is 0 Å². The van der Waals surface area contributed by atoms with Crippen LogP contribution in [0.15, 0.2) is 18.2 Å². The zero-order valence-electron chi connectivity index (χ0n) is 33.7. The normalized spacial score (nSPS) is 32.9. The Morgan fingerprint density at radius 2 is 1.77 bits per heavy atom. The van der Waals surface area contributed by atoms with Crippen molar-refractivity contribution in [2.45, 2.75) is 132 Å². The van der Waals surface area contributed by atoms with Crippen molar-refractivity contribution in [2.24, 2.45) is 29.1 Å². The summed E-state index contributed by atoms with van der Waals surface area (Å²) in [6, 6.07) is 1.63. The highest BCUT2D eigenvalue weighted by Gasteiger charge is 2.67. The second kappa shape index (κ2) is 15.1. The lowest BCUT2D eigenvalue weighted by atomic mass is 9.85. The predicted octanol–water partition coefficient (Wildman–Crippen LogP) is 4.57. The van der Waals surface area contributed by atoms with Gasteiger partial charge in [-0.05, 0) is 80.2 Å². The Morgan fingerprint density at radius 3 is 2.43 bits per heavy atom. The van der Waals surface area contributed by atoms with E-state index in [1.54, 1.807) is 26.8 Å². The van der Waals surface area contributed by atoms with Crippen LogP contribution in [0.3, 0.4) is 0 Å². The molecule has 5 fully saturated rings. The molecule has 0 spiro atoms. The van der Waals surface area contributed by atoms with Crippen LogP contribution in [-0.4, -0.2) is 102 Å². The van der Waals surface area contributed by atoms with E-state index in [0.717, 1.165) is 11.3 Å². The fourth-order valence-corrected chi connectivity index (χ4v) is 10.7. The molecule has 1 unspecified atom stereocenters. The molecule has 3 N–H and O–H groups in total. The van der Waals surface area contributed by atoms with Crippen molar-refractivity contribution in [1.29, 1.82) is 0 Å². The van der Waals surface area contributed by atoms with Crippen LogP contribution < -0.4 is 24.8 Å². The Morgan fingerprint density at radius 1 is 1.02 bits per heavy atom. The van der Waals surface area contributed by atoms with Crippen molar-refractivity contribution < 1.29 is 59.4 Å². The Kier molecular flexibility index (Phi) is 10.7. The summed E-state index contributed by atoms with van der Waals surface area (Å²) in [5.74, 6) is -8.09. The van der Waals surface area contributed by atoms with E-state index in [2.05, 4.69) is 20.6 Å². The van der Waals surface area contributed by atoms with Crippen molar-refractivity contribution in [1.82, 2.24) is 30.2 Å². The van der Waals surface area contributed by atoms with Crippen molar-refractivity contribution in [3.63, 3.8) is 0 Å². The number of hydrogen-bond acceptors (Lipinski definition) is 11. The molecule has 60 heavy (non-hydrogen) atoms. The standard InChI is InChI=1S/C40H50F4N6O9S/c1-38(2,3)31-35(52)50-18-21(16-28(50)33(51)48-39(17-25(39)32(41)42)36(53)49-60(55,56)22-9-10-22)58-34-30(45-26-11-8-20(57-4)15-27(26)46-34)40(43,44)12-6-5-7-23-24-13-19(24)14-29(23)59-37(54)47-31/h8,11,15,19,21-25,28-29,31-32H,5-7,9-10,12-14,16-18H2,1-4H3,(H,47,54)(H,48,51)(H,49,53)/t19?,21-,23-,24+,25+,28+,29-,31-,39-/m1/s1. The van der Waals surface area contributed by atoms with Crippen molar-refractivity contribution in [3.05, 3.63) is 23.9 Å². The number of fused-ring (bicyclic) bond motifs is 7. The molecule has 1 aromatic heterocycles. The summed E-state index contributed by atoms with van der Waals surface area (Å²) in [7, 11) is -2.78. The number of carbonyl (C=O) groups is 4. The molecule has 8 rings (SSSR count). The number of nitrogens with zero attached hydrogens (tertiary/aromatic N) is 3. The number of nitrogens with one attached hydrogen (secondary N) is 3. The molecule has 20 heteroatoms. The molecule has 2 aliphatic heterocycles. The average Bonchev–Trinajstić information content (AvgIpc) is 4.11. The van der Waals surface area contributed by atoms with E-state index in [1.807, 2.05) is 4.72 Å². The average molecular weight is 867 g/mol. The van der Waals surface area contributed by atoms with E-state index >= 15 is 8.78 Å². The van der Waals surface area contributed by atoms with Crippen LogP contribution in [-0.2, 0) is 35.1 Å². The van der Waals surface area contributed by atoms with Gasteiger partial charge in [-0.1, -0.05) is 27.2 Å². The van der Waals surface area contributed by atoms with Crippen LogP contribution in [0.1, 0.15) is 90.7 Å². The summed E-state index contributed by atoms with van der Waals surface area (Å²) in [6.07, 6.45) is -4.07. The third-order valence-electron chi connectivity index (χ3n) is 13.0. The maximum absolute atomic E-state index is 16.4. The molecule has 4 amide bonds. The number of rotatable bonds is 7. The van der Waals surface area contributed by atoms with Crippen LogP contribution in [0, 0.1) is 29.1 Å². The highest BCUT2D eigenvalue weighted by molar-refractivity contribution is 7.91. The first-order chi connectivity index (χ1) is 28.2. The number of alkyl halides is 4. The Balaban J connectivity index is 1.16. The molecule has 2 aromatic rings. The minimum Gasteiger partial charge on any atom is -0.497 e. The van der Waals surface area contributed by atoms with Gasteiger partial charge in [0.15, 0.2) is 5.69 Å². The minimum atomic E-state index is -4.20. The molecular formula is C40H50F4N6O9S. The number of amides is 4. The van der Waals surface area contributed by atoms with Gasteiger partial charge in [0.25, 0.3) is 11.8 Å². The van der Waals surface area contributed by atoms with E-state index < -0.39 is 130 Å². The maximum Gasteiger partial charge on any atom is 0.408 e. The SMILES string of the molecule is COc1ccc2nc3c(nc2c1)O[C@@H]1C[C@@H](C(=O)N[C@]2(C(=O)NS(=O)(=O)C4CC4)C[C@H]2C(F)F)N(C1)C(=O)[C@H](C(C)(C)C)NC(=O)O[C@@H]1CC2C[C@@H]2[C@H]1CCCCC3(F)F. The summed E-state index contributed by atoms with van der Waals surface area (Å²) in [4.78, 5) is 65.9. The van der Waals surface area contributed by atoms with Crippen LogP contribution in [0.4, 0.5) is 22.4 Å². The van der Waals surface area contributed by atoms with Crippen molar-refractivity contribution in [2.75, 3.05) is 13.7 Å².